The number of hydrogen-bond donors (Lipinski definition) is 3. The first kappa shape index (κ1) is 37.5. The van der Waals surface area contributed by atoms with E-state index in [2.05, 4.69) is 51.9 Å². The third-order valence-electron chi connectivity index (χ3n) is 10.1. The van der Waals surface area contributed by atoms with Gasteiger partial charge in [0.2, 0.25) is 17.7 Å². The Morgan fingerprint density at radius 2 is 1.74 bits per heavy atom. The lowest BCUT2D eigenvalue weighted by Crippen LogP contribution is -2.50. The van der Waals surface area contributed by atoms with E-state index in [4.69, 9.17) is 4.74 Å². The number of amides is 4. The molecule has 1 unspecified atom stereocenters. The summed E-state index contributed by atoms with van der Waals surface area (Å²) in [4.78, 5) is 81.1. The molecule has 4 atom stereocenters. The summed E-state index contributed by atoms with van der Waals surface area (Å²) in [6, 6.07) is 5.32. The van der Waals surface area contributed by atoms with Crippen LogP contribution in [0.15, 0.2) is 41.3 Å². The number of rotatable bonds is 11. The number of nitrogens with zero attached hydrogens (tertiary/aromatic N) is 6. The zero-order valence-corrected chi connectivity index (χ0v) is 32.2. The largest absolute Gasteiger partial charge is 0.453 e. The number of benzene rings is 1. The summed E-state index contributed by atoms with van der Waals surface area (Å²) in [5.41, 5.74) is 3.40. The van der Waals surface area contributed by atoms with Gasteiger partial charge in [-0.05, 0) is 90.4 Å². The Hall–Kier alpha value is -5.25. The summed E-state index contributed by atoms with van der Waals surface area (Å²) < 4.78 is 6.78. The third kappa shape index (κ3) is 7.50. The van der Waals surface area contributed by atoms with Crippen LogP contribution in [-0.4, -0.2) is 91.0 Å². The number of fused-ring (bicyclic) bond motifs is 2. The Balaban J connectivity index is 1.30. The normalized spacial score (nSPS) is 19.5. The average Bonchev–Trinajstić information content (AvgIpc) is 3.52. The molecule has 53 heavy (non-hydrogen) atoms. The number of ether oxygens (including phenoxy) is 1. The number of carbonyl (C=O) groups excluding carboxylic acids is 5. The zero-order chi connectivity index (χ0) is 38.4. The van der Waals surface area contributed by atoms with Gasteiger partial charge in [-0.25, -0.2) is 19.7 Å². The molecule has 6 rings (SSSR count). The average molecular weight is 789 g/mol. The summed E-state index contributed by atoms with van der Waals surface area (Å²) >= 11 is 3.36. The Morgan fingerprint density at radius 3 is 2.40 bits per heavy atom. The first-order valence-corrected chi connectivity index (χ1v) is 18.1. The fourth-order valence-corrected chi connectivity index (χ4v) is 7.52. The van der Waals surface area contributed by atoms with E-state index in [0.717, 1.165) is 22.3 Å². The molecular weight excluding hydrogens is 746 g/mol. The molecule has 0 spiro atoms. The summed E-state index contributed by atoms with van der Waals surface area (Å²) in [6.45, 7) is 10.5. The number of nitrogens with one attached hydrogen (secondary N) is 3. The van der Waals surface area contributed by atoms with Crippen molar-refractivity contribution in [2.24, 2.45) is 11.3 Å². The second-order valence-corrected chi connectivity index (χ2v) is 15.1. The van der Waals surface area contributed by atoms with Gasteiger partial charge in [0.1, 0.15) is 40.6 Å². The molecule has 278 valence electrons. The molecule has 0 bridgehead atoms. The van der Waals surface area contributed by atoms with Crippen molar-refractivity contribution in [3.8, 4) is 11.1 Å². The quantitative estimate of drug-likeness (QED) is 0.146. The van der Waals surface area contributed by atoms with Gasteiger partial charge in [-0.2, -0.15) is 5.10 Å². The molecule has 4 aromatic rings. The molecule has 15 nitrogen and oxygen atoms in total. The predicted octanol–water partition coefficient (Wildman–Crippen LogP) is 4.27. The number of hydrogen-bond acceptors (Lipinski definition) is 10. The maximum Gasteiger partial charge on any atom is 0.407 e. The van der Waals surface area contributed by atoms with Crippen molar-refractivity contribution in [3.05, 3.63) is 63.9 Å². The van der Waals surface area contributed by atoms with Crippen LogP contribution in [0.1, 0.15) is 61.1 Å². The van der Waals surface area contributed by atoms with Crippen molar-refractivity contribution in [2.75, 3.05) is 19.0 Å². The van der Waals surface area contributed by atoms with Crippen LogP contribution in [0.4, 0.5) is 10.6 Å². The maximum absolute atomic E-state index is 14.4. The van der Waals surface area contributed by atoms with Crippen molar-refractivity contribution in [1.29, 1.82) is 0 Å². The Morgan fingerprint density at radius 1 is 1.02 bits per heavy atom. The second-order valence-electron chi connectivity index (χ2n) is 14.2. The van der Waals surface area contributed by atoms with E-state index in [0.29, 0.717) is 40.0 Å². The number of methoxy groups -OCH3 is 1. The number of aromatic nitrogens is 5. The number of anilines is 1. The van der Waals surface area contributed by atoms with E-state index in [9.17, 15) is 24.0 Å². The van der Waals surface area contributed by atoms with E-state index in [-0.39, 0.29) is 42.4 Å². The number of carbonyl (C=O) groups is 5. The van der Waals surface area contributed by atoms with Crippen LogP contribution >= 0.6 is 15.9 Å². The van der Waals surface area contributed by atoms with Crippen molar-refractivity contribution in [2.45, 2.75) is 79.1 Å². The molecule has 1 aliphatic heterocycles. The minimum atomic E-state index is -0.879. The number of halogens is 1. The van der Waals surface area contributed by atoms with Crippen molar-refractivity contribution >= 4 is 62.2 Å². The number of piperidine rings is 1. The predicted molar refractivity (Wildman–Crippen MR) is 199 cm³/mol. The molecule has 4 amide bonds. The maximum atomic E-state index is 14.4. The van der Waals surface area contributed by atoms with Gasteiger partial charge < -0.3 is 25.6 Å². The molecule has 3 aromatic heterocycles. The molecule has 0 radical (unpaired) electrons. The van der Waals surface area contributed by atoms with Gasteiger partial charge in [0.25, 0.3) is 0 Å². The fourth-order valence-electron chi connectivity index (χ4n) is 7.21. The van der Waals surface area contributed by atoms with Crippen LogP contribution in [0.2, 0.25) is 0 Å². The molecular formula is C37H42BrN9O6. The van der Waals surface area contributed by atoms with Crippen molar-refractivity contribution in [1.82, 2.24) is 40.3 Å². The molecule has 1 saturated carbocycles. The molecule has 2 aliphatic rings. The van der Waals surface area contributed by atoms with Gasteiger partial charge in [0.15, 0.2) is 5.78 Å². The number of likely N-dealkylation sites (tertiary alicyclic amines) is 1. The third-order valence-corrected chi connectivity index (χ3v) is 10.5. The number of aryl methyl sites for hydroxylation is 3. The smallest absolute Gasteiger partial charge is 0.407 e. The van der Waals surface area contributed by atoms with Gasteiger partial charge in [-0.15, -0.1) is 0 Å². The van der Waals surface area contributed by atoms with E-state index in [1.54, 1.807) is 30.3 Å². The molecule has 1 aliphatic carbocycles. The highest BCUT2D eigenvalue weighted by molar-refractivity contribution is 9.10. The molecule has 2 fully saturated rings. The van der Waals surface area contributed by atoms with Gasteiger partial charge in [0.05, 0.1) is 12.6 Å². The highest BCUT2D eigenvalue weighted by Gasteiger charge is 2.67. The summed E-state index contributed by atoms with van der Waals surface area (Å²) in [5, 5.41) is 13.7. The first-order valence-electron chi connectivity index (χ1n) is 17.3. The molecule has 1 saturated heterocycles. The second kappa shape index (κ2) is 14.6. The van der Waals surface area contributed by atoms with Crippen LogP contribution in [0.5, 0.6) is 0 Å². The van der Waals surface area contributed by atoms with Crippen LogP contribution in [0.3, 0.4) is 0 Å². The minimum absolute atomic E-state index is 0.189. The van der Waals surface area contributed by atoms with Gasteiger partial charge >= 0.3 is 6.09 Å². The number of ketones is 1. The van der Waals surface area contributed by atoms with Crippen molar-refractivity contribution < 1.29 is 28.7 Å². The van der Waals surface area contributed by atoms with E-state index >= 15 is 0 Å². The standard InChI is InChI=1S/C37H42BrN9O6/c1-18(2)30(43-36(52)53-7)35(51)41-17-37-12-26(34(50)44-33-19(3)8-9-28(38)42-33)47(27(37)13-37)29(49)16-46-32-20(4)10-23(24-14-39-22(6)40-15-24)11-25(32)31(45-46)21(5)48/h8-11,14-15,18,26-27,30H,12-13,16-17H2,1-7H3,(H,41,51)(H,43,52)(H,42,44,50)/t26-,27+,30?,37-/m0/s1. The van der Waals surface area contributed by atoms with Gasteiger partial charge in [0, 0.05) is 48.3 Å². The fraction of sp³-hybridized carbons (Fsp3) is 0.432. The van der Waals surface area contributed by atoms with Crippen molar-refractivity contribution in [3.63, 3.8) is 0 Å². The number of Topliss-reactive ketones (excluding diaryl/α,β-unsaturated/α-hetero) is 1. The summed E-state index contributed by atoms with van der Waals surface area (Å²) in [5.74, 6) is -0.644. The SMILES string of the molecule is COC(=O)NC(C(=O)NC[C@@]12C[C@@H](C(=O)Nc3nc(Br)ccc3C)N(C(=O)Cn3nc(C(C)=O)c4cc(-c5cnc(C)nc5)cc(C)c43)[C@@H]1C2)C(C)C. The summed E-state index contributed by atoms with van der Waals surface area (Å²) in [7, 11) is 1.23. The molecule has 1 aromatic carbocycles. The molecule has 16 heteroatoms. The van der Waals surface area contributed by atoms with Crippen LogP contribution in [-0.2, 0) is 25.7 Å². The Bertz CT molecular complexity index is 2130. The topological polar surface area (TPSA) is 190 Å². The number of pyridine rings is 1. The Labute approximate surface area is 314 Å². The van der Waals surface area contributed by atoms with E-state index in [1.807, 2.05) is 45.9 Å². The lowest BCUT2D eigenvalue weighted by molar-refractivity contribution is -0.138. The van der Waals surface area contributed by atoms with Gasteiger partial charge in [-0.1, -0.05) is 19.9 Å². The van der Waals surface area contributed by atoms with Crippen LogP contribution in [0, 0.1) is 32.1 Å². The highest BCUT2D eigenvalue weighted by Crippen LogP contribution is 2.59. The van der Waals surface area contributed by atoms with Crippen LogP contribution in [0.25, 0.3) is 22.0 Å². The lowest BCUT2D eigenvalue weighted by atomic mass is 9.98. The highest BCUT2D eigenvalue weighted by atomic mass is 79.9. The zero-order valence-electron chi connectivity index (χ0n) is 30.6. The van der Waals surface area contributed by atoms with Crippen LogP contribution < -0.4 is 16.0 Å². The molecule has 3 N–H and O–H groups in total. The monoisotopic (exact) mass is 787 g/mol. The summed E-state index contributed by atoms with van der Waals surface area (Å²) in [6.07, 6.45) is 3.57. The lowest BCUT2D eigenvalue weighted by Gasteiger charge is -2.27. The minimum Gasteiger partial charge on any atom is -0.453 e. The molecule has 4 heterocycles. The van der Waals surface area contributed by atoms with Gasteiger partial charge in [-0.3, -0.25) is 23.9 Å². The van der Waals surface area contributed by atoms with E-state index < -0.39 is 35.4 Å². The Kier molecular flexibility index (Phi) is 10.4. The number of alkyl carbamates (subject to hydrolysis) is 1. The first-order chi connectivity index (χ1) is 25.1. The van der Waals surface area contributed by atoms with E-state index in [1.165, 1.54) is 18.7 Å².